The van der Waals surface area contributed by atoms with E-state index in [-0.39, 0.29) is 16.7 Å². The largest absolute Gasteiger partial charge is 0.333 e. The zero-order chi connectivity index (χ0) is 21.7. The van der Waals surface area contributed by atoms with E-state index in [0.29, 0.717) is 6.54 Å². The monoisotopic (exact) mass is 423 g/mol. The average molecular weight is 424 g/mol. The fourth-order valence-corrected chi connectivity index (χ4v) is 4.19. The highest BCUT2D eigenvalue weighted by Crippen LogP contribution is 2.29. The standard InChI is InChI=1S/C23H29N5OS/c1-6-27-20(19-12-14-24-15-13-19)25-26-22(27)30-17(2)21(29)28(23(3,4)5)16-18-10-8-7-9-11-18/h7-15,17H,6,16H2,1-5H3/t17-/m1/s1. The maximum Gasteiger partial charge on any atom is 0.236 e. The van der Waals surface area contributed by atoms with Gasteiger partial charge in [-0.15, -0.1) is 10.2 Å². The highest BCUT2D eigenvalue weighted by Gasteiger charge is 2.31. The minimum absolute atomic E-state index is 0.0902. The fraction of sp³-hybridized carbons (Fsp3) is 0.391. The molecular formula is C23H29N5OS. The minimum Gasteiger partial charge on any atom is -0.333 e. The second-order valence-corrected chi connectivity index (χ2v) is 9.44. The van der Waals surface area contributed by atoms with E-state index in [9.17, 15) is 4.79 Å². The molecule has 0 radical (unpaired) electrons. The maximum absolute atomic E-state index is 13.4. The Hall–Kier alpha value is -2.67. The summed E-state index contributed by atoms with van der Waals surface area (Å²) >= 11 is 1.46. The van der Waals surface area contributed by atoms with Crippen LogP contribution in [-0.4, -0.2) is 41.3 Å². The van der Waals surface area contributed by atoms with Crippen LogP contribution in [0.2, 0.25) is 0 Å². The van der Waals surface area contributed by atoms with Gasteiger partial charge in [-0.2, -0.15) is 0 Å². The molecule has 0 saturated heterocycles. The Labute approximate surface area is 182 Å². The van der Waals surface area contributed by atoms with E-state index in [1.54, 1.807) is 12.4 Å². The molecule has 1 atom stereocenters. The summed E-state index contributed by atoms with van der Waals surface area (Å²) < 4.78 is 2.04. The van der Waals surface area contributed by atoms with Gasteiger partial charge in [-0.3, -0.25) is 9.78 Å². The maximum atomic E-state index is 13.4. The molecule has 158 valence electrons. The number of thioether (sulfide) groups is 1. The van der Waals surface area contributed by atoms with Crippen LogP contribution in [0.4, 0.5) is 0 Å². The molecular weight excluding hydrogens is 394 g/mol. The second kappa shape index (κ2) is 9.43. The first-order valence-corrected chi connectivity index (χ1v) is 11.0. The normalized spacial score (nSPS) is 12.6. The Morgan fingerprint density at radius 2 is 1.77 bits per heavy atom. The van der Waals surface area contributed by atoms with Crippen LogP contribution in [0.25, 0.3) is 11.4 Å². The van der Waals surface area contributed by atoms with Gasteiger partial charge in [0.2, 0.25) is 5.91 Å². The molecule has 0 bridgehead atoms. The van der Waals surface area contributed by atoms with E-state index in [2.05, 4.69) is 55.0 Å². The molecule has 30 heavy (non-hydrogen) atoms. The van der Waals surface area contributed by atoms with Gasteiger partial charge < -0.3 is 9.47 Å². The van der Waals surface area contributed by atoms with E-state index in [4.69, 9.17) is 0 Å². The van der Waals surface area contributed by atoms with E-state index in [1.807, 2.05) is 46.7 Å². The quantitative estimate of drug-likeness (QED) is 0.517. The molecule has 0 unspecified atom stereocenters. The highest BCUT2D eigenvalue weighted by atomic mass is 32.2. The van der Waals surface area contributed by atoms with Crippen molar-refractivity contribution in [1.29, 1.82) is 0 Å². The summed E-state index contributed by atoms with van der Waals surface area (Å²) in [6.07, 6.45) is 3.49. The van der Waals surface area contributed by atoms with Crippen molar-refractivity contribution in [1.82, 2.24) is 24.6 Å². The molecule has 0 aliphatic heterocycles. The van der Waals surface area contributed by atoms with Crippen molar-refractivity contribution in [2.45, 2.75) is 63.7 Å². The van der Waals surface area contributed by atoms with Crippen molar-refractivity contribution in [3.05, 3.63) is 60.4 Å². The summed E-state index contributed by atoms with van der Waals surface area (Å²) in [4.78, 5) is 19.4. The highest BCUT2D eigenvalue weighted by molar-refractivity contribution is 8.00. The zero-order valence-electron chi connectivity index (χ0n) is 18.2. The Kier molecular flexibility index (Phi) is 6.92. The first kappa shape index (κ1) is 22.0. The van der Waals surface area contributed by atoms with Crippen molar-refractivity contribution in [2.75, 3.05) is 0 Å². The summed E-state index contributed by atoms with van der Waals surface area (Å²) in [5.74, 6) is 0.881. The molecule has 7 heteroatoms. The lowest BCUT2D eigenvalue weighted by Gasteiger charge is -2.37. The molecule has 3 aromatic rings. The number of hydrogen-bond donors (Lipinski definition) is 0. The number of aromatic nitrogens is 4. The summed E-state index contributed by atoms with van der Waals surface area (Å²) in [7, 11) is 0. The van der Waals surface area contributed by atoms with Crippen LogP contribution in [-0.2, 0) is 17.9 Å². The third kappa shape index (κ3) is 5.08. The Balaban J connectivity index is 1.81. The van der Waals surface area contributed by atoms with Gasteiger partial charge >= 0.3 is 0 Å². The molecule has 2 heterocycles. The first-order chi connectivity index (χ1) is 14.3. The second-order valence-electron chi connectivity index (χ2n) is 8.13. The van der Waals surface area contributed by atoms with Crippen LogP contribution in [0, 0.1) is 0 Å². The molecule has 2 aromatic heterocycles. The zero-order valence-corrected chi connectivity index (χ0v) is 19.1. The van der Waals surface area contributed by atoms with Gasteiger partial charge in [0.15, 0.2) is 11.0 Å². The van der Waals surface area contributed by atoms with Crippen LogP contribution < -0.4 is 0 Å². The smallest absolute Gasteiger partial charge is 0.236 e. The lowest BCUT2D eigenvalue weighted by molar-refractivity contribution is -0.135. The van der Waals surface area contributed by atoms with E-state index in [0.717, 1.165) is 28.7 Å². The number of carbonyl (C=O) groups is 1. The van der Waals surface area contributed by atoms with Crippen LogP contribution in [0.5, 0.6) is 0 Å². The van der Waals surface area contributed by atoms with Crippen molar-refractivity contribution in [2.24, 2.45) is 0 Å². The van der Waals surface area contributed by atoms with E-state index < -0.39 is 0 Å². The number of benzene rings is 1. The third-order valence-corrected chi connectivity index (χ3v) is 5.93. The molecule has 3 rings (SSSR count). The van der Waals surface area contributed by atoms with Gasteiger partial charge in [0, 0.05) is 36.6 Å². The predicted octanol–water partition coefficient (Wildman–Crippen LogP) is 4.67. The van der Waals surface area contributed by atoms with Gasteiger partial charge in [0.05, 0.1) is 5.25 Å². The number of nitrogens with zero attached hydrogens (tertiary/aromatic N) is 5. The Bertz CT molecular complexity index is 966. The van der Waals surface area contributed by atoms with Crippen LogP contribution in [0.15, 0.2) is 60.0 Å². The number of amides is 1. The molecule has 6 nitrogen and oxygen atoms in total. The molecule has 0 aliphatic rings. The van der Waals surface area contributed by atoms with Crippen LogP contribution in [0.1, 0.15) is 40.2 Å². The predicted molar refractivity (Wildman–Crippen MR) is 121 cm³/mol. The first-order valence-electron chi connectivity index (χ1n) is 10.2. The van der Waals surface area contributed by atoms with Crippen LogP contribution >= 0.6 is 11.8 Å². The van der Waals surface area contributed by atoms with Gasteiger partial charge in [0.1, 0.15) is 0 Å². The van der Waals surface area contributed by atoms with Crippen molar-refractivity contribution < 1.29 is 4.79 Å². The molecule has 0 N–H and O–H groups in total. The van der Waals surface area contributed by atoms with Gasteiger partial charge in [-0.05, 0) is 52.3 Å². The topological polar surface area (TPSA) is 63.9 Å². The Morgan fingerprint density at radius 1 is 1.10 bits per heavy atom. The number of carbonyl (C=O) groups excluding carboxylic acids is 1. The van der Waals surface area contributed by atoms with Gasteiger partial charge in [-0.1, -0.05) is 42.1 Å². The van der Waals surface area contributed by atoms with Crippen molar-refractivity contribution in [3.8, 4) is 11.4 Å². The minimum atomic E-state index is -0.289. The molecule has 0 fully saturated rings. The van der Waals surface area contributed by atoms with E-state index >= 15 is 0 Å². The lowest BCUT2D eigenvalue weighted by Crippen LogP contribution is -2.48. The van der Waals surface area contributed by atoms with Crippen LogP contribution in [0.3, 0.4) is 0 Å². The summed E-state index contributed by atoms with van der Waals surface area (Å²) in [6.45, 7) is 11.5. The van der Waals surface area contributed by atoms with Crippen molar-refractivity contribution in [3.63, 3.8) is 0 Å². The fourth-order valence-electron chi connectivity index (χ4n) is 3.22. The SMILES string of the molecule is CCn1c(S[C@H](C)C(=O)N(Cc2ccccc2)C(C)(C)C)nnc1-c1ccncc1. The molecule has 0 aliphatic carbocycles. The average Bonchev–Trinajstić information content (AvgIpc) is 3.14. The molecule has 0 spiro atoms. The van der Waals surface area contributed by atoms with Gasteiger partial charge in [0.25, 0.3) is 0 Å². The lowest BCUT2D eigenvalue weighted by atomic mass is 10.0. The summed E-state index contributed by atoms with van der Waals surface area (Å²) in [5.41, 5.74) is 1.79. The molecule has 1 amide bonds. The third-order valence-electron chi connectivity index (χ3n) is 4.86. The molecule has 1 aromatic carbocycles. The summed E-state index contributed by atoms with van der Waals surface area (Å²) in [6, 6.07) is 13.9. The van der Waals surface area contributed by atoms with Gasteiger partial charge in [-0.25, -0.2) is 0 Å². The number of hydrogen-bond acceptors (Lipinski definition) is 5. The number of rotatable bonds is 7. The Morgan fingerprint density at radius 3 is 2.37 bits per heavy atom. The van der Waals surface area contributed by atoms with Crippen molar-refractivity contribution >= 4 is 17.7 Å². The molecule has 0 saturated carbocycles. The van der Waals surface area contributed by atoms with E-state index in [1.165, 1.54) is 11.8 Å². The number of pyridine rings is 1. The summed E-state index contributed by atoms with van der Waals surface area (Å²) in [5, 5.41) is 9.21.